The third kappa shape index (κ3) is 2.82. The maximum absolute atomic E-state index is 12.8. The van der Waals surface area contributed by atoms with Crippen LogP contribution in [-0.4, -0.2) is 33.3 Å². The van der Waals surface area contributed by atoms with Gasteiger partial charge in [-0.15, -0.1) is 0 Å². The molecule has 6 nitrogen and oxygen atoms in total. The van der Waals surface area contributed by atoms with Gasteiger partial charge in [0.1, 0.15) is 22.8 Å². The average molecular weight is 356 g/mol. The minimum Gasteiger partial charge on any atom is -0.358 e. The summed E-state index contributed by atoms with van der Waals surface area (Å²) < 4.78 is 1.74. The Labute approximate surface area is 150 Å². The van der Waals surface area contributed by atoms with Gasteiger partial charge in [0.25, 0.3) is 5.91 Å². The molecule has 1 aromatic carbocycles. The van der Waals surface area contributed by atoms with Crippen LogP contribution in [0.2, 0.25) is 5.15 Å². The fraction of sp³-hybridized carbons (Fsp3) is 0.278. The number of nitrogens with zero attached hydrogens (tertiary/aromatic N) is 4. The molecular formula is C18H18ClN5O. The van der Waals surface area contributed by atoms with Crippen molar-refractivity contribution in [1.82, 2.24) is 14.8 Å². The van der Waals surface area contributed by atoms with Gasteiger partial charge < -0.3 is 5.32 Å². The Morgan fingerprint density at radius 3 is 2.84 bits per heavy atom. The Balaban J connectivity index is 1.58. The van der Waals surface area contributed by atoms with Gasteiger partial charge in [-0.3, -0.25) is 14.4 Å². The first-order valence-corrected chi connectivity index (χ1v) is 8.54. The van der Waals surface area contributed by atoms with Gasteiger partial charge in [-0.25, -0.2) is 4.98 Å². The van der Waals surface area contributed by atoms with E-state index in [0.29, 0.717) is 23.9 Å². The molecule has 25 heavy (non-hydrogen) atoms. The highest BCUT2D eigenvalue weighted by Gasteiger charge is 2.34. The van der Waals surface area contributed by atoms with Crippen LogP contribution in [0.4, 0.5) is 11.6 Å². The summed E-state index contributed by atoms with van der Waals surface area (Å²) in [5, 5.41) is 9.88. The first-order chi connectivity index (χ1) is 12.0. The summed E-state index contributed by atoms with van der Waals surface area (Å²) in [6.45, 7) is 2.57. The van der Waals surface area contributed by atoms with Gasteiger partial charge in [0.15, 0.2) is 0 Å². The van der Waals surface area contributed by atoms with Crippen molar-refractivity contribution in [3.63, 3.8) is 0 Å². The van der Waals surface area contributed by atoms with Crippen LogP contribution in [0.15, 0.2) is 36.4 Å². The van der Waals surface area contributed by atoms with E-state index in [0.717, 1.165) is 22.3 Å². The topological polar surface area (TPSA) is 63.1 Å². The van der Waals surface area contributed by atoms with E-state index < -0.39 is 0 Å². The van der Waals surface area contributed by atoms with Crippen LogP contribution in [0.1, 0.15) is 12.1 Å². The number of benzene rings is 1. The first kappa shape index (κ1) is 15.9. The minimum absolute atomic E-state index is 0.0223. The van der Waals surface area contributed by atoms with Crippen molar-refractivity contribution in [3.8, 4) is 0 Å². The van der Waals surface area contributed by atoms with Crippen LogP contribution < -0.4 is 10.2 Å². The molecule has 4 rings (SSSR count). The monoisotopic (exact) mass is 355 g/mol. The molecule has 0 saturated carbocycles. The second-order valence-electron chi connectivity index (χ2n) is 6.26. The summed E-state index contributed by atoms with van der Waals surface area (Å²) in [7, 11) is 1.85. The molecule has 3 aromatic rings. The summed E-state index contributed by atoms with van der Waals surface area (Å²) >= 11 is 6.27. The van der Waals surface area contributed by atoms with Gasteiger partial charge in [-0.05, 0) is 24.8 Å². The number of amides is 1. The maximum atomic E-state index is 12.8. The second-order valence-corrected chi connectivity index (χ2v) is 6.62. The minimum atomic E-state index is -0.320. The Hall–Kier alpha value is -2.60. The maximum Gasteiger partial charge on any atom is 0.250 e. The molecule has 0 spiro atoms. The van der Waals surface area contributed by atoms with Crippen LogP contribution in [0.5, 0.6) is 0 Å². The number of halogens is 1. The Bertz CT molecular complexity index is 967. The number of aromatic nitrogens is 3. The smallest absolute Gasteiger partial charge is 0.250 e. The number of anilines is 2. The van der Waals surface area contributed by atoms with E-state index in [1.807, 2.05) is 50.4 Å². The highest BCUT2D eigenvalue weighted by Crippen LogP contribution is 2.27. The summed E-state index contributed by atoms with van der Waals surface area (Å²) in [6.07, 6.45) is 0.704. The normalized spacial score (nSPS) is 17.5. The molecular weight excluding hydrogens is 338 g/mol. The van der Waals surface area contributed by atoms with E-state index >= 15 is 0 Å². The van der Waals surface area contributed by atoms with Crippen molar-refractivity contribution in [3.05, 3.63) is 47.2 Å². The molecule has 2 aromatic heterocycles. The van der Waals surface area contributed by atoms with Crippen LogP contribution in [0.25, 0.3) is 10.8 Å². The Morgan fingerprint density at radius 2 is 2.08 bits per heavy atom. The number of carbonyl (C=O) groups is 1. The van der Waals surface area contributed by atoms with Gasteiger partial charge in [-0.2, -0.15) is 5.10 Å². The molecule has 0 aliphatic carbocycles. The van der Waals surface area contributed by atoms with E-state index in [9.17, 15) is 4.79 Å². The van der Waals surface area contributed by atoms with E-state index in [2.05, 4.69) is 15.4 Å². The number of aryl methyl sites for hydroxylation is 2. The number of fused-ring (bicyclic) bond motifs is 1. The van der Waals surface area contributed by atoms with E-state index in [1.54, 1.807) is 9.58 Å². The van der Waals surface area contributed by atoms with Crippen LogP contribution in [0, 0.1) is 6.92 Å². The van der Waals surface area contributed by atoms with Crippen LogP contribution >= 0.6 is 11.6 Å². The zero-order chi connectivity index (χ0) is 17.6. The van der Waals surface area contributed by atoms with E-state index in [1.165, 1.54) is 0 Å². The number of carbonyl (C=O) groups excluding carboxylic acids is 1. The molecule has 0 bridgehead atoms. The number of hydrogen-bond donors (Lipinski definition) is 1. The Kier molecular flexibility index (Phi) is 3.84. The van der Waals surface area contributed by atoms with E-state index in [4.69, 9.17) is 11.6 Å². The predicted molar refractivity (Wildman–Crippen MR) is 99.1 cm³/mol. The second kappa shape index (κ2) is 6.04. The Morgan fingerprint density at radius 1 is 1.28 bits per heavy atom. The standard InChI is InChI=1S/C18H18ClN5O/c1-11-9-16(23(2)22-11)24-8-7-14(18(24)25)20-15-10-12-5-3-4-6-13(12)17(19)21-15/h3-6,9-10,14H,7-8H2,1-2H3,(H,20,21). The summed E-state index contributed by atoms with van der Waals surface area (Å²) in [5.41, 5.74) is 0.893. The quantitative estimate of drug-likeness (QED) is 0.733. The van der Waals surface area contributed by atoms with Crippen molar-refractivity contribution in [2.75, 3.05) is 16.8 Å². The van der Waals surface area contributed by atoms with Gasteiger partial charge in [0, 0.05) is 25.0 Å². The molecule has 1 aliphatic heterocycles. The molecule has 1 saturated heterocycles. The third-order valence-corrected chi connectivity index (χ3v) is 4.76. The van der Waals surface area contributed by atoms with Gasteiger partial charge in [0.2, 0.25) is 0 Å². The molecule has 1 aliphatic rings. The van der Waals surface area contributed by atoms with Crippen molar-refractivity contribution in [2.45, 2.75) is 19.4 Å². The van der Waals surface area contributed by atoms with Crippen molar-refractivity contribution >= 4 is 39.9 Å². The summed E-state index contributed by atoms with van der Waals surface area (Å²) in [5.74, 6) is 1.45. The lowest BCUT2D eigenvalue weighted by Crippen LogP contribution is -2.34. The fourth-order valence-corrected chi connectivity index (χ4v) is 3.56. The molecule has 1 unspecified atom stereocenters. The zero-order valence-electron chi connectivity index (χ0n) is 14.0. The summed E-state index contributed by atoms with van der Waals surface area (Å²) in [4.78, 5) is 18.9. The third-order valence-electron chi connectivity index (χ3n) is 4.48. The molecule has 1 atom stereocenters. The molecule has 1 fully saturated rings. The predicted octanol–water partition coefficient (Wildman–Crippen LogP) is 3.15. The lowest BCUT2D eigenvalue weighted by atomic mass is 10.1. The SMILES string of the molecule is Cc1cc(N2CCC(Nc3cc4ccccc4c(Cl)n3)C2=O)n(C)n1. The molecule has 1 amide bonds. The molecule has 1 N–H and O–H groups in total. The molecule has 128 valence electrons. The summed E-state index contributed by atoms with van der Waals surface area (Å²) in [6, 6.07) is 11.3. The molecule has 3 heterocycles. The van der Waals surface area contributed by atoms with Gasteiger partial charge in [0.05, 0.1) is 5.69 Å². The lowest BCUT2D eigenvalue weighted by molar-refractivity contribution is -0.117. The van der Waals surface area contributed by atoms with Crippen molar-refractivity contribution in [2.24, 2.45) is 7.05 Å². The largest absolute Gasteiger partial charge is 0.358 e. The molecule has 0 radical (unpaired) electrons. The molecule has 7 heteroatoms. The number of rotatable bonds is 3. The van der Waals surface area contributed by atoms with Gasteiger partial charge in [-0.1, -0.05) is 35.9 Å². The lowest BCUT2D eigenvalue weighted by Gasteiger charge is -2.17. The average Bonchev–Trinajstić information content (AvgIpc) is 3.10. The van der Waals surface area contributed by atoms with Crippen LogP contribution in [0.3, 0.4) is 0 Å². The zero-order valence-corrected chi connectivity index (χ0v) is 14.8. The highest BCUT2D eigenvalue weighted by molar-refractivity contribution is 6.34. The highest BCUT2D eigenvalue weighted by atomic mass is 35.5. The number of hydrogen-bond acceptors (Lipinski definition) is 4. The fourth-order valence-electron chi connectivity index (χ4n) is 3.30. The number of pyridine rings is 1. The van der Waals surface area contributed by atoms with Gasteiger partial charge >= 0.3 is 0 Å². The van der Waals surface area contributed by atoms with E-state index in [-0.39, 0.29) is 11.9 Å². The van der Waals surface area contributed by atoms with Crippen molar-refractivity contribution < 1.29 is 4.79 Å². The van der Waals surface area contributed by atoms with Crippen molar-refractivity contribution in [1.29, 1.82) is 0 Å². The first-order valence-electron chi connectivity index (χ1n) is 8.17. The van der Waals surface area contributed by atoms with Crippen LogP contribution in [-0.2, 0) is 11.8 Å². The number of nitrogens with one attached hydrogen (secondary N) is 1.